The van der Waals surface area contributed by atoms with Crippen molar-refractivity contribution < 1.29 is 0 Å². The van der Waals surface area contributed by atoms with Gasteiger partial charge < -0.3 is 4.90 Å². The Morgan fingerprint density at radius 2 is 2.30 bits per heavy atom. The van der Waals surface area contributed by atoms with E-state index in [2.05, 4.69) is 20.0 Å². The lowest BCUT2D eigenvalue weighted by molar-refractivity contribution is 0.380. The summed E-state index contributed by atoms with van der Waals surface area (Å²) in [5.41, 5.74) is 0. The average Bonchev–Trinajstić information content (AvgIpc) is 2.34. The number of rotatable bonds is 1. The Bertz CT molecular complexity index is 146. The maximum atomic E-state index is 8.54. The lowest BCUT2D eigenvalue weighted by Gasteiger charge is -2.12. The molecule has 0 spiro atoms. The summed E-state index contributed by atoms with van der Waals surface area (Å²) in [6, 6.07) is 0. The SMILES string of the molecule is CC(C)[C@@H]1CCN(C#N)C1. The van der Waals surface area contributed by atoms with Gasteiger partial charge in [-0.25, -0.2) is 0 Å². The predicted molar refractivity (Wildman–Crippen MR) is 40.1 cm³/mol. The van der Waals surface area contributed by atoms with Gasteiger partial charge in [-0.15, -0.1) is 0 Å². The van der Waals surface area contributed by atoms with Crippen LogP contribution in [-0.4, -0.2) is 18.0 Å². The van der Waals surface area contributed by atoms with Crippen LogP contribution in [0.3, 0.4) is 0 Å². The first-order chi connectivity index (χ1) is 4.74. The van der Waals surface area contributed by atoms with Crippen molar-refractivity contribution in [3.05, 3.63) is 0 Å². The van der Waals surface area contributed by atoms with Crippen LogP contribution >= 0.6 is 0 Å². The van der Waals surface area contributed by atoms with Gasteiger partial charge in [0, 0.05) is 13.1 Å². The lowest BCUT2D eigenvalue weighted by atomic mass is 9.95. The van der Waals surface area contributed by atoms with Crippen molar-refractivity contribution in [1.29, 1.82) is 5.26 Å². The second kappa shape index (κ2) is 2.92. The minimum absolute atomic E-state index is 0.735. The van der Waals surface area contributed by atoms with Crippen molar-refractivity contribution in [3.8, 4) is 6.19 Å². The molecule has 0 aromatic carbocycles. The first-order valence-electron chi connectivity index (χ1n) is 3.88. The molecule has 0 N–H and O–H groups in total. The fourth-order valence-electron chi connectivity index (χ4n) is 1.42. The third-order valence-electron chi connectivity index (χ3n) is 2.31. The zero-order valence-electron chi connectivity index (χ0n) is 6.67. The molecule has 0 radical (unpaired) electrons. The van der Waals surface area contributed by atoms with E-state index >= 15 is 0 Å². The van der Waals surface area contributed by atoms with Crippen LogP contribution in [0.1, 0.15) is 20.3 Å². The summed E-state index contributed by atoms with van der Waals surface area (Å²) in [5, 5.41) is 8.54. The van der Waals surface area contributed by atoms with Gasteiger partial charge in [-0.2, -0.15) is 5.26 Å². The molecule has 0 aromatic rings. The van der Waals surface area contributed by atoms with Gasteiger partial charge in [0.25, 0.3) is 0 Å². The van der Waals surface area contributed by atoms with Crippen molar-refractivity contribution in [3.63, 3.8) is 0 Å². The third kappa shape index (κ3) is 1.41. The largest absolute Gasteiger partial charge is 0.310 e. The summed E-state index contributed by atoms with van der Waals surface area (Å²) in [4.78, 5) is 1.85. The van der Waals surface area contributed by atoms with E-state index in [0.717, 1.165) is 24.9 Å². The molecule has 0 unspecified atom stereocenters. The molecule has 1 saturated heterocycles. The van der Waals surface area contributed by atoms with Gasteiger partial charge in [0.2, 0.25) is 0 Å². The summed E-state index contributed by atoms with van der Waals surface area (Å²) >= 11 is 0. The number of hydrogen-bond acceptors (Lipinski definition) is 2. The highest BCUT2D eigenvalue weighted by atomic mass is 15.1. The quantitative estimate of drug-likeness (QED) is 0.513. The Kier molecular flexibility index (Phi) is 2.16. The molecule has 1 atom stereocenters. The van der Waals surface area contributed by atoms with Crippen LogP contribution in [0.25, 0.3) is 0 Å². The summed E-state index contributed by atoms with van der Waals surface area (Å²) in [5.74, 6) is 1.48. The molecule has 0 bridgehead atoms. The highest BCUT2D eigenvalue weighted by molar-refractivity contribution is 4.84. The highest BCUT2D eigenvalue weighted by Crippen LogP contribution is 2.22. The first kappa shape index (κ1) is 7.40. The number of nitrogens with zero attached hydrogens (tertiary/aromatic N) is 2. The molecular formula is C8H14N2. The van der Waals surface area contributed by atoms with Crippen LogP contribution < -0.4 is 0 Å². The van der Waals surface area contributed by atoms with Crippen LogP contribution in [0.4, 0.5) is 0 Å². The van der Waals surface area contributed by atoms with Crippen LogP contribution in [0.15, 0.2) is 0 Å². The van der Waals surface area contributed by atoms with Gasteiger partial charge in [-0.3, -0.25) is 0 Å². The van der Waals surface area contributed by atoms with E-state index in [1.165, 1.54) is 6.42 Å². The molecule has 1 aliphatic rings. The zero-order chi connectivity index (χ0) is 7.56. The van der Waals surface area contributed by atoms with E-state index in [0.29, 0.717) is 0 Å². The van der Waals surface area contributed by atoms with Crippen LogP contribution in [0, 0.1) is 23.3 Å². The molecule has 0 amide bonds. The Balaban J connectivity index is 2.37. The molecule has 0 aromatic heterocycles. The normalized spacial score (nSPS) is 25.4. The number of hydrogen-bond donors (Lipinski definition) is 0. The van der Waals surface area contributed by atoms with Gasteiger partial charge in [-0.05, 0) is 18.3 Å². The van der Waals surface area contributed by atoms with Gasteiger partial charge in [0.15, 0.2) is 6.19 Å². The van der Waals surface area contributed by atoms with E-state index in [1.807, 2.05) is 4.90 Å². The molecule has 0 saturated carbocycles. The Labute approximate surface area is 62.4 Å². The fourth-order valence-corrected chi connectivity index (χ4v) is 1.42. The number of nitriles is 1. The summed E-state index contributed by atoms with van der Waals surface area (Å²) < 4.78 is 0. The molecule has 2 nitrogen and oxygen atoms in total. The van der Waals surface area contributed by atoms with Gasteiger partial charge in [-0.1, -0.05) is 13.8 Å². The summed E-state index contributed by atoms with van der Waals surface area (Å²) in [6.45, 7) is 6.41. The van der Waals surface area contributed by atoms with Crippen molar-refractivity contribution in [2.45, 2.75) is 20.3 Å². The first-order valence-corrected chi connectivity index (χ1v) is 3.88. The van der Waals surface area contributed by atoms with E-state index in [1.54, 1.807) is 0 Å². The Morgan fingerprint density at radius 1 is 1.60 bits per heavy atom. The standard InChI is InChI=1S/C8H14N2/c1-7(2)8-3-4-10(5-8)6-9/h7-8H,3-5H2,1-2H3/t8-/m1/s1. The topological polar surface area (TPSA) is 27.0 Å². The van der Waals surface area contributed by atoms with Gasteiger partial charge >= 0.3 is 0 Å². The molecule has 0 aliphatic carbocycles. The Morgan fingerprint density at radius 3 is 2.60 bits per heavy atom. The predicted octanol–water partition coefficient (Wildman–Crippen LogP) is 1.45. The molecule has 56 valence electrons. The molecule has 1 fully saturated rings. The van der Waals surface area contributed by atoms with E-state index in [-0.39, 0.29) is 0 Å². The van der Waals surface area contributed by atoms with E-state index in [4.69, 9.17) is 5.26 Å². The molecule has 1 aliphatic heterocycles. The molecule has 1 rings (SSSR count). The van der Waals surface area contributed by atoms with E-state index < -0.39 is 0 Å². The minimum atomic E-state index is 0.735. The highest BCUT2D eigenvalue weighted by Gasteiger charge is 2.23. The van der Waals surface area contributed by atoms with E-state index in [9.17, 15) is 0 Å². The van der Waals surface area contributed by atoms with Gasteiger partial charge in [0.05, 0.1) is 0 Å². The van der Waals surface area contributed by atoms with Crippen molar-refractivity contribution >= 4 is 0 Å². The van der Waals surface area contributed by atoms with Crippen LogP contribution in [0.5, 0.6) is 0 Å². The molecular weight excluding hydrogens is 124 g/mol. The van der Waals surface area contributed by atoms with Crippen LogP contribution in [-0.2, 0) is 0 Å². The minimum Gasteiger partial charge on any atom is -0.310 e. The average molecular weight is 138 g/mol. The smallest absolute Gasteiger partial charge is 0.179 e. The summed E-state index contributed by atoms with van der Waals surface area (Å²) in [7, 11) is 0. The summed E-state index contributed by atoms with van der Waals surface area (Å²) in [6.07, 6.45) is 3.38. The third-order valence-corrected chi connectivity index (χ3v) is 2.31. The second-order valence-electron chi connectivity index (χ2n) is 3.34. The van der Waals surface area contributed by atoms with Crippen molar-refractivity contribution in [2.75, 3.05) is 13.1 Å². The van der Waals surface area contributed by atoms with Crippen molar-refractivity contribution in [2.24, 2.45) is 11.8 Å². The Hall–Kier alpha value is -0.710. The number of likely N-dealkylation sites (tertiary alicyclic amines) is 1. The molecule has 10 heavy (non-hydrogen) atoms. The maximum Gasteiger partial charge on any atom is 0.179 e. The molecule has 1 heterocycles. The van der Waals surface area contributed by atoms with Crippen LogP contribution in [0.2, 0.25) is 0 Å². The zero-order valence-corrected chi connectivity index (χ0v) is 6.67. The van der Waals surface area contributed by atoms with Crippen molar-refractivity contribution in [1.82, 2.24) is 4.90 Å². The fraction of sp³-hybridized carbons (Fsp3) is 0.875. The maximum absolute atomic E-state index is 8.54. The lowest BCUT2D eigenvalue weighted by Crippen LogP contribution is -2.15. The van der Waals surface area contributed by atoms with Gasteiger partial charge in [0.1, 0.15) is 0 Å². The monoisotopic (exact) mass is 138 g/mol. The molecule has 2 heteroatoms. The second-order valence-corrected chi connectivity index (χ2v) is 3.34.